The molecule has 1 aliphatic rings. The van der Waals surface area contributed by atoms with Crippen LogP contribution in [0, 0.1) is 0 Å². The van der Waals surface area contributed by atoms with Gasteiger partial charge in [-0.25, -0.2) is 13.9 Å². The van der Waals surface area contributed by atoms with Crippen molar-refractivity contribution in [3.63, 3.8) is 0 Å². The van der Waals surface area contributed by atoms with Gasteiger partial charge in [-0.2, -0.15) is 4.98 Å². The van der Waals surface area contributed by atoms with Crippen molar-refractivity contribution in [2.24, 2.45) is 0 Å². The summed E-state index contributed by atoms with van der Waals surface area (Å²) in [6.07, 6.45) is -3.81. The molecule has 5 unspecified atom stereocenters. The van der Waals surface area contributed by atoms with E-state index in [0.29, 0.717) is 0 Å². The van der Waals surface area contributed by atoms with E-state index in [1.165, 1.54) is 26.3 Å². The summed E-state index contributed by atoms with van der Waals surface area (Å²) < 4.78 is 49.6. The minimum atomic E-state index is -1.75. The van der Waals surface area contributed by atoms with E-state index in [1.54, 1.807) is 0 Å². The van der Waals surface area contributed by atoms with Gasteiger partial charge in [-0.1, -0.05) is 0 Å². The number of nitrogens with one attached hydrogen (secondary N) is 1. The maximum absolute atomic E-state index is 15.5. The second-order valence-corrected chi connectivity index (χ2v) is 9.38. The molecule has 1 aromatic rings. The summed E-state index contributed by atoms with van der Waals surface area (Å²) in [6, 6.07) is 1.48. The fourth-order valence-electron chi connectivity index (χ4n) is 3.24. The molecule has 1 aliphatic heterocycles. The number of aliphatic hydroxyl groups excluding tert-OH is 1. The van der Waals surface area contributed by atoms with E-state index in [4.69, 9.17) is 28.2 Å². The lowest BCUT2D eigenvalue weighted by Gasteiger charge is -2.37. The number of hydrogen-bond donors (Lipinski definition) is 2. The van der Waals surface area contributed by atoms with E-state index in [1.807, 2.05) is 32.4 Å². The quantitative estimate of drug-likeness (QED) is 0.361. The average molecular weight is 516 g/mol. The second kappa shape index (κ2) is 14.3. The maximum Gasteiger partial charge on any atom is 0.351 e. The van der Waals surface area contributed by atoms with Gasteiger partial charge in [0.05, 0.1) is 12.7 Å². The van der Waals surface area contributed by atoms with Gasteiger partial charge in [-0.05, 0) is 40.7 Å². The number of hydrogen-bond acceptors (Lipinski definition) is 8. The molecule has 0 radical (unpaired) electrons. The highest BCUT2D eigenvalue weighted by Gasteiger charge is 2.47. The first-order valence-electron chi connectivity index (χ1n) is 11.5. The van der Waals surface area contributed by atoms with Crippen molar-refractivity contribution in [2.45, 2.75) is 78.2 Å². The van der Waals surface area contributed by atoms with E-state index in [2.05, 4.69) is 15.4 Å². The Morgan fingerprint density at radius 1 is 1.55 bits per heavy atom. The molecule has 10 nitrogen and oxygen atoms in total. The normalized spacial score (nSPS) is 24.3. The Balaban J connectivity index is 0.00000194. The number of anilines is 1. The van der Waals surface area contributed by atoms with Crippen LogP contribution in [-0.2, 0) is 18.6 Å². The smallest absolute Gasteiger partial charge is 0.351 e. The van der Waals surface area contributed by atoms with Crippen molar-refractivity contribution in [3.8, 4) is 0 Å². The molecule has 2 N–H and O–H groups in total. The molecule has 0 aliphatic carbocycles. The zero-order valence-electron chi connectivity index (χ0n) is 21.7. The molecule has 2 rings (SSSR count). The number of alkyl halides is 2. The molecule has 0 spiro atoms. The zero-order chi connectivity index (χ0) is 26.7. The van der Waals surface area contributed by atoms with Gasteiger partial charge < -0.3 is 24.2 Å². The van der Waals surface area contributed by atoms with E-state index >= 15 is 4.39 Å². The van der Waals surface area contributed by atoms with E-state index in [-0.39, 0.29) is 43.2 Å². The third-order valence-corrected chi connectivity index (χ3v) is 6.70. The molecular weight excluding hydrogens is 478 g/mol. The number of aromatic nitrogens is 2. The van der Waals surface area contributed by atoms with Crippen LogP contribution in [0.1, 0.15) is 49.1 Å². The SMILES string of the molecule is [2H]CC1OC(n2ccc(NC(C)=O)nc2=O)C(F)C1OP(OCCCl)N(C(C)C)C(C)C.[3H]OC. The van der Waals surface area contributed by atoms with Gasteiger partial charge in [-0.3, -0.25) is 9.36 Å². The largest absolute Gasteiger partial charge is 0.400 e. The predicted octanol–water partition coefficient (Wildman–Crippen LogP) is 3.05. The molecule has 0 bridgehead atoms. The van der Waals surface area contributed by atoms with Gasteiger partial charge in [0.25, 0.3) is 8.53 Å². The summed E-state index contributed by atoms with van der Waals surface area (Å²) in [5.41, 5.74) is -0.792. The zero-order valence-corrected chi connectivity index (χ0v) is 21.4. The highest BCUT2D eigenvalue weighted by molar-refractivity contribution is 7.44. The lowest BCUT2D eigenvalue weighted by molar-refractivity contribution is -0.114. The summed E-state index contributed by atoms with van der Waals surface area (Å²) in [4.78, 5) is 27.3. The topological polar surface area (TPSA) is 115 Å². The van der Waals surface area contributed by atoms with Crippen LogP contribution in [0.4, 0.5) is 10.2 Å². The van der Waals surface area contributed by atoms with E-state index < -0.39 is 38.8 Å². The minimum Gasteiger partial charge on any atom is -0.400 e. The van der Waals surface area contributed by atoms with Crippen LogP contribution < -0.4 is 11.0 Å². The number of rotatable bonds is 10. The van der Waals surface area contributed by atoms with Crippen molar-refractivity contribution in [2.75, 3.05) is 24.9 Å². The summed E-state index contributed by atoms with van der Waals surface area (Å²) >= 11 is 5.79. The second-order valence-electron chi connectivity index (χ2n) is 7.59. The molecule has 5 atom stereocenters. The highest BCUT2D eigenvalue weighted by Crippen LogP contribution is 2.50. The summed E-state index contributed by atoms with van der Waals surface area (Å²) in [5.74, 6) is -0.0823. The van der Waals surface area contributed by atoms with Gasteiger partial charge in [-0.15, -0.1) is 11.6 Å². The van der Waals surface area contributed by atoms with Crippen molar-refractivity contribution in [3.05, 3.63) is 22.7 Å². The Morgan fingerprint density at radius 2 is 2.18 bits per heavy atom. The predicted molar refractivity (Wildman–Crippen MR) is 126 cm³/mol. The van der Waals surface area contributed by atoms with Crippen molar-refractivity contribution in [1.29, 1.82) is 1.43 Å². The van der Waals surface area contributed by atoms with E-state index in [9.17, 15) is 9.59 Å². The third kappa shape index (κ3) is 8.20. The van der Waals surface area contributed by atoms with Crippen LogP contribution in [0.25, 0.3) is 0 Å². The fraction of sp³-hybridized carbons (Fsp3) is 0.750. The number of carbonyl (C=O) groups is 1. The van der Waals surface area contributed by atoms with Crippen molar-refractivity contribution in [1.82, 2.24) is 14.2 Å². The first-order chi connectivity index (χ1) is 16.5. The van der Waals surface area contributed by atoms with Crippen LogP contribution >= 0.6 is 20.1 Å². The summed E-state index contributed by atoms with van der Waals surface area (Å²) in [7, 11) is -0.403. The molecule has 1 aromatic heterocycles. The van der Waals surface area contributed by atoms with Crippen LogP contribution in [0.2, 0.25) is 0 Å². The molecule has 2 heterocycles. The Bertz CT molecular complexity index is 835. The molecule has 13 heteroatoms. The molecular formula is C20H35ClFN4O6P. The van der Waals surface area contributed by atoms with Crippen LogP contribution in [0.5, 0.6) is 0 Å². The number of aliphatic hydroxyl groups is 1. The monoisotopic (exact) mass is 515 g/mol. The third-order valence-electron chi connectivity index (χ3n) is 4.41. The number of nitrogens with zero attached hydrogens (tertiary/aromatic N) is 3. The first kappa shape index (κ1) is 26.4. The Labute approximate surface area is 203 Å². The molecule has 1 fully saturated rings. The van der Waals surface area contributed by atoms with Gasteiger partial charge in [0.1, 0.15) is 11.9 Å². The van der Waals surface area contributed by atoms with Crippen LogP contribution in [-0.4, -0.2) is 76.7 Å². The maximum atomic E-state index is 15.5. The number of halogens is 2. The van der Waals surface area contributed by atoms with E-state index in [0.717, 1.165) is 4.57 Å². The van der Waals surface area contributed by atoms with Gasteiger partial charge in [0, 0.05) is 39.6 Å². The lowest BCUT2D eigenvalue weighted by atomic mass is 10.2. The van der Waals surface area contributed by atoms with Crippen LogP contribution in [0.3, 0.4) is 0 Å². The van der Waals surface area contributed by atoms with Gasteiger partial charge in [0.15, 0.2) is 12.4 Å². The number of ether oxygens (including phenoxy) is 1. The molecule has 190 valence electrons. The molecule has 33 heavy (non-hydrogen) atoms. The molecule has 0 aromatic carbocycles. The summed E-state index contributed by atoms with van der Waals surface area (Å²) in [6.45, 7) is 9.15. The first-order valence-corrected chi connectivity index (χ1v) is 12.1. The average Bonchev–Trinajstić information content (AvgIpc) is 3.07. The number of carbonyl (C=O) groups excluding carboxylic acids is 1. The molecule has 1 amide bonds. The minimum absolute atomic E-state index is 0.0511. The Morgan fingerprint density at radius 3 is 2.67 bits per heavy atom. The Kier molecular flexibility index (Phi) is 11.4. The molecule has 1 saturated heterocycles. The van der Waals surface area contributed by atoms with Crippen molar-refractivity contribution < 1.29 is 29.4 Å². The number of amides is 1. The Hall–Kier alpha value is -1.20. The van der Waals surface area contributed by atoms with Crippen LogP contribution in [0.15, 0.2) is 17.1 Å². The summed E-state index contributed by atoms with van der Waals surface area (Å²) in [5, 5.41) is 5.90. The van der Waals surface area contributed by atoms with Crippen molar-refractivity contribution >= 4 is 31.9 Å². The van der Waals surface area contributed by atoms with Gasteiger partial charge >= 0.3 is 5.69 Å². The standard InChI is InChI=1S/C19H31ClFN4O5P.CH4O/c1-11(2)25(12(3)4)31(28-10-8-20)30-17-13(5)29-18(16(17)21)24-9-7-15(22-14(6)26)23-19(24)27;1-2/h7,9,11-13,16-18H,8,10H2,1-6H3,(H,22,23,26,27);2H,1H3/i5D;2T. The van der Waals surface area contributed by atoms with Gasteiger partial charge in [0.2, 0.25) is 7.34 Å². The lowest BCUT2D eigenvalue weighted by Crippen LogP contribution is -2.38. The fourth-order valence-corrected chi connectivity index (χ4v) is 5.19. The molecule has 0 saturated carbocycles. The highest BCUT2D eigenvalue weighted by atomic mass is 35.5.